The maximum Gasteiger partial charge on any atom is 0.323 e. The Hall–Kier alpha value is -0.570. The topological polar surface area (TPSA) is 38.3 Å². The minimum atomic E-state index is -0.0926. The van der Waals surface area contributed by atoms with Gasteiger partial charge in [0.2, 0.25) is 0 Å². The second-order valence-corrected chi connectivity index (χ2v) is 3.07. The van der Waals surface area contributed by atoms with Gasteiger partial charge in [-0.3, -0.25) is 4.79 Å². The summed E-state index contributed by atoms with van der Waals surface area (Å²) in [6, 6.07) is 0.00926. The lowest BCUT2D eigenvalue weighted by Crippen LogP contribution is -2.35. The zero-order chi connectivity index (χ0) is 7.14. The van der Waals surface area contributed by atoms with Crippen molar-refractivity contribution in [3.63, 3.8) is 0 Å². The van der Waals surface area contributed by atoms with Crippen LogP contribution >= 0.6 is 0 Å². The summed E-state index contributed by atoms with van der Waals surface area (Å²) in [6.07, 6.45) is 1.22. The summed E-state index contributed by atoms with van der Waals surface area (Å²) in [7, 11) is 1.44. The molecule has 10 heavy (non-hydrogen) atoms. The van der Waals surface area contributed by atoms with Crippen LogP contribution in [0.15, 0.2) is 0 Å². The van der Waals surface area contributed by atoms with Crippen molar-refractivity contribution in [3.8, 4) is 0 Å². The molecule has 3 atom stereocenters. The zero-order valence-electron chi connectivity index (χ0n) is 5.96. The van der Waals surface area contributed by atoms with Crippen molar-refractivity contribution in [2.45, 2.75) is 12.5 Å². The van der Waals surface area contributed by atoms with Crippen LogP contribution in [-0.4, -0.2) is 25.7 Å². The van der Waals surface area contributed by atoms with Crippen LogP contribution < -0.4 is 5.32 Å². The Morgan fingerprint density at radius 3 is 2.90 bits per heavy atom. The van der Waals surface area contributed by atoms with Crippen molar-refractivity contribution in [3.05, 3.63) is 0 Å². The number of carbonyl (C=O) groups is 1. The third-order valence-corrected chi connectivity index (χ3v) is 2.46. The summed E-state index contributed by atoms with van der Waals surface area (Å²) >= 11 is 0. The summed E-state index contributed by atoms with van der Waals surface area (Å²) in [6.45, 7) is 1.00. The van der Waals surface area contributed by atoms with Gasteiger partial charge in [-0.1, -0.05) is 0 Å². The fourth-order valence-electron chi connectivity index (χ4n) is 1.73. The number of carbonyl (C=O) groups excluding carboxylic acids is 1. The van der Waals surface area contributed by atoms with Gasteiger partial charge in [-0.25, -0.2) is 0 Å². The second kappa shape index (κ2) is 1.95. The highest BCUT2D eigenvalue weighted by Crippen LogP contribution is 2.45. The normalized spacial score (nSPS) is 42.7. The molecule has 1 aliphatic heterocycles. The van der Waals surface area contributed by atoms with Crippen LogP contribution in [0.4, 0.5) is 0 Å². The summed E-state index contributed by atoms with van der Waals surface area (Å²) in [5.41, 5.74) is 0. The number of methoxy groups -OCH3 is 1. The molecule has 0 aromatic carbocycles. The number of fused-ring (bicyclic) bond motifs is 1. The van der Waals surface area contributed by atoms with Crippen molar-refractivity contribution in [2.75, 3.05) is 13.7 Å². The molecule has 0 spiro atoms. The molecule has 1 heterocycles. The van der Waals surface area contributed by atoms with Gasteiger partial charge in [0.15, 0.2) is 0 Å². The smallest absolute Gasteiger partial charge is 0.323 e. The molecule has 2 rings (SSSR count). The van der Waals surface area contributed by atoms with Crippen LogP contribution in [0.5, 0.6) is 0 Å². The first-order valence-electron chi connectivity index (χ1n) is 3.64. The van der Waals surface area contributed by atoms with Gasteiger partial charge < -0.3 is 10.1 Å². The van der Waals surface area contributed by atoms with Crippen molar-refractivity contribution in [1.29, 1.82) is 0 Å². The van der Waals surface area contributed by atoms with Crippen molar-refractivity contribution >= 4 is 5.97 Å². The summed E-state index contributed by atoms with van der Waals surface area (Å²) in [4.78, 5) is 11.0. The molecule has 0 aromatic rings. The Labute approximate surface area is 59.7 Å². The van der Waals surface area contributed by atoms with E-state index in [1.807, 2.05) is 0 Å². The molecule has 3 nitrogen and oxygen atoms in total. The molecular formula is C7H11NO2. The average Bonchev–Trinajstić information content (AvgIpc) is 2.62. The maximum atomic E-state index is 11.0. The summed E-state index contributed by atoms with van der Waals surface area (Å²) in [5, 5.41) is 3.13. The van der Waals surface area contributed by atoms with Gasteiger partial charge in [-0.15, -0.1) is 0 Å². The van der Waals surface area contributed by atoms with E-state index in [-0.39, 0.29) is 12.0 Å². The van der Waals surface area contributed by atoms with Crippen molar-refractivity contribution in [2.24, 2.45) is 11.8 Å². The van der Waals surface area contributed by atoms with Gasteiger partial charge in [-0.2, -0.15) is 0 Å². The van der Waals surface area contributed by atoms with E-state index in [4.69, 9.17) is 0 Å². The van der Waals surface area contributed by atoms with E-state index in [2.05, 4.69) is 10.1 Å². The minimum Gasteiger partial charge on any atom is -0.468 e. The molecular weight excluding hydrogens is 130 g/mol. The predicted octanol–water partition coefficient (Wildman–Crippen LogP) is -0.233. The molecule has 2 aliphatic rings. The molecule has 1 saturated heterocycles. The van der Waals surface area contributed by atoms with E-state index in [1.165, 1.54) is 13.5 Å². The maximum absolute atomic E-state index is 11.0. The van der Waals surface area contributed by atoms with E-state index in [0.29, 0.717) is 5.92 Å². The van der Waals surface area contributed by atoms with Crippen LogP contribution in [0.1, 0.15) is 6.42 Å². The van der Waals surface area contributed by atoms with Gasteiger partial charge in [-0.05, 0) is 24.8 Å². The Kier molecular flexibility index (Phi) is 1.20. The molecule has 1 aliphatic carbocycles. The van der Waals surface area contributed by atoms with E-state index in [0.717, 1.165) is 12.5 Å². The number of piperidine rings is 1. The van der Waals surface area contributed by atoms with E-state index >= 15 is 0 Å². The van der Waals surface area contributed by atoms with E-state index in [1.54, 1.807) is 0 Å². The quantitative estimate of drug-likeness (QED) is 0.512. The number of hydrogen-bond donors (Lipinski definition) is 1. The lowest BCUT2D eigenvalue weighted by Gasteiger charge is -2.08. The van der Waals surface area contributed by atoms with Gasteiger partial charge in [0, 0.05) is 0 Å². The third kappa shape index (κ3) is 0.736. The van der Waals surface area contributed by atoms with Crippen LogP contribution in [0.25, 0.3) is 0 Å². The van der Waals surface area contributed by atoms with Crippen LogP contribution in [0.2, 0.25) is 0 Å². The molecule has 0 aromatic heterocycles. The van der Waals surface area contributed by atoms with Crippen LogP contribution in [0, 0.1) is 11.8 Å². The first kappa shape index (κ1) is 6.16. The first-order chi connectivity index (χ1) is 4.83. The second-order valence-electron chi connectivity index (χ2n) is 3.07. The molecule has 1 saturated carbocycles. The van der Waals surface area contributed by atoms with E-state index in [9.17, 15) is 4.79 Å². The van der Waals surface area contributed by atoms with Crippen molar-refractivity contribution in [1.82, 2.24) is 5.32 Å². The molecule has 0 amide bonds. The molecule has 2 fully saturated rings. The van der Waals surface area contributed by atoms with Gasteiger partial charge in [0.1, 0.15) is 6.04 Å². The number of hydrogen-bond acceptors (Lipinski definition) is 3. The number of rotatable bonds is 1. The summed E-state index contributed by atoms with van der Waals surface area (Å²) < 4.78 is 4.63. The molecule has 0 radical (unpaired) electrons. The Morgan fingerprint density at radius 2 is 2.50 bits per heavy atom. The molecule has 0 unspecified atom stereocenters. The lowest BCUT2D eigenvalue weighted by atomic mass is 10.2. The van der Waals surface area contributed by atoms with Gasteiger partial charge >= 0.3 is 5.97 Å². The fourth-order valence-corrected chi connectivity index (χ4v) is 1.73. The largest absolute Gasteiger partial charge is 0.468 e. The standard InChI is InChI=1S/C7H11NO2/c1-10-7(9)6-5-2-4(5)3-8-6/h4-6,8H,2-3H2,1H3/t4-,5-,6-/m1/s1. The SMILES string of the molecule is COC(=O)[C@@H]1NC[C@H]2C[C@H]21. The monoisotopic (exact) mass is 141 g/mol. The Balaban J connectivity index is 1.98. The highest BCUT2D eigenvalue weighted by Gasteiger charge is 2.51. The van der Waals surface area contributed by atoms with Gasteiger partial charge in [0.25, 0.3) is 0 Å². The third-order valence-electron chi connectivity index (χ3n) is 2.46. The van der Waals surface area contributed by atoms with E-state index < -0.39 is 0 Å². The van der Waals surface area contributed by atoms with Crippen molar-refractivity contribution < 1.29 is 9.53 Å². The highest BCUT2D eigenvalue weighted by atomic mass is 16.5. The summed E-state index contributed by atoms with van der Waals surface area (Å²) in [5.74, 6) is 1.27. The average molecular weight is 141 g/mol. The zero-order valence-corrected chi connectivity index (χ0v) is 5.96. The number of ether oxygens (including phenoxy) is 1. The molecule has 1 N–H and O–H groups in total. The Bertz CT molecular complexity index is 169. The fraction of sp³-hybridized carbons (Fsp3) is 0.857. The van der Waals surface area contributed by atoms with Crippen LogP contribution in [0.3, 0.4) is 0 Å². The van der Waals surface area contributed by atoms with Crippen LogP contribution in [-0.2, 0) is 9.53 Å². The minimum absolute atomic E-state index is 0.00926. The number of esters is 1. The lowest BCUT2D eigenvalue weighted by molar-refractivity contribution is -0.143. The molecule has 0 bridgehead atoms. The molecule has 56 valence electrons. The first-order valence-corrected chi connectivity index (χ1v) is 3.64. The predicted molar refractivity (Wildman–Crippen MR) is 35.4 cm³/mol. The van der Waals surface area contributed by atoms with Gasteiger partial charge in [0.05, 0.1) is 7.11 Å². The Morgan fingerprint density at radius 1 is 1.70 bits per heavy atom. The number of nitrogens with one attached hydrogen (secondary N) is 1. The highest BCUT2D eigenvalue weighted by molar-refractivity contribution is 5.77. The molecule has 3 heteroatoms.